The molecule has 3 aromatic rings. The van der Waals surface area contributed by atoms with Crippen LogP contribution in [0.25, 0.3) is 11.0 Å². The number of aromatic nitrogens is 2. The maximum atomic E-state index is 12.5. The van der Waals surface area contributed by atoms with Crippen LogP contribution >= 0.6 is 0 Å². The number of nitrogens with one attached hydrogen (secondary N) is 1. The van der Waals surface area contributed by atoms with E-state index >= 15 is 0 Å². The highest BCUT2D eigenvalue weighted by Crippen LogP contribution is 2.19. The maximum Gasteiger partial charge on any atom is 0.251 e. The smallest absolute Gasteiger partial charge is 0.251 e. The minimum Gasteiger partial charge on any atom is -0.352 e. The van der Waals surface area contributed by atoms with E-state index in [1.807, 2.05) is 31.2 Å². The molecule has 0 fully saturated rings. The summed E-state index contributed by atoms with van der Waals surface area (Å²) in [5.74, 6) is 1.15. The largest absolute Gasteiger partial charge is 0.352 e. The van der Waals surface area contributed by atoms with Crippen LogP contribution in [0.15, 0.2) is 48.5 Å². The van der Waals surface area contributed by atoms with E-state index in [0.29, 0.717) is 6.54 Å². The fraction of sp³-hybridized carbons (Fsp3) is 0.611. The third-order valence-electron chi connectivity index (χ3n) is 8.11. The molecule has 1 heterocycles. The highest BCUT2D eigenvalue weighted by molar-refractivity contribution is 5.94. The Morgan fingerprint density at radius 3 is 1.95 bits per heavy atom. The number of amides is 1. The molecule has 4 nitrogen and oxygen atoms in total. The third kappa shape index (κ3) is 11.9. The Hall–Kier alpha value is -2.62. The van der Waals surface area contributed by atoms with Crippen molar-refractivity contribution in [3.63, 3.8) is 0 Å². The van der Waals surface area contributed by atoms with Gasteiger partial charge in [-0.25, -0.2) is 4.98 Å². The number of carbonyl (C=O) groups excluding carboxylic acids is 1. The van der Waals surface area contributed by atoms with Gasteiger partial charge in [0, 0.05) is 25.1 Å². The lowest BCUT2D eigenvalue weighted by Crippen LogP contribution is -2.25. The zero-order valence-corrected chi connectivity index (χ0v) is 25.6. The van der Waals surface area contributed by atoms with Crippen LogP contribution in [0, 0.1) is 6.92 Å². The molecule has 0 unspecified atom stereocenters. The summed E-state index contributed by atoms with van der Waals surface area (Å²) < 4.78 is 2.42. The van der Waals surface area contributed by atoms with Crippen molar-refractivity contribution in [1.82, 2.24) is 14.9 Å². The summed E-state index contributed by atoms with van der Waals surface area (Å²) in [5.41, 5.74) is 4.16. The van der Waals surface area contributed by atoms with Crippen molar-refractivity contribution in [3.05, 3.63) is 65.5 Å². The van der Waals surface area contributed by atoms with Crippen molar-refractivity contribution in [3.8, 4) is 0 Å². The van der Waals surface area contributed by atoms with Gasteiger partial charge in [-0.05, 0) is 44.0 Å². The molecule has 0 aliphatic heterocycles. The molecule has 40 heavy (non-hydrogen) atoms. The Balaban J connectivity index is 1.27. The van der Waals surface area contributed by atoms with Gasteiger partial charge in [-0.3, -0.25) is 4.79 Å². The minimum atomic E-state index is 0.00497. The molecule has 0 saturated heterocycles. The standard InChI is InChI=1S/C36H55N3O/c1-3-4-5-6-7-8-9-10-11-12-13-14-15-16-17-20-29-39-34-26-19-18-25-33(34)38-35(39)27-22-28-37-36(40)32-24-21-23-31(2)30-32/h18-19,21,23-26,30H,3-17,20,22,27-29H2,1-2H3,(H,37,40). The number of rotatable bonds is 22. The Morgan fingerprint density at radius 1 is 0.725 bits per heavy atom. The van der Waals surface area contributed by atoms with Gasteiger partial charge in [0.15, 0.2) is 0 Å². The lowest BCUT2D eigenvalue weighted by atomic mass is 10.0. The van der Waals surface area contributed by atoms with E-state index in [2.05, 4.69) is 41.1 Å². The zero-order valence-electron chi connectivity index (χ0n) is 25.6. The van der Waals surface area contributed by atoms with E-state index < -0.39 is 0 Å². The normalized spacial score (nSPS) is 11.3. The van der Waals surface area contributed by atoms with Crippen molar-refractivity contribution in [2.45, 2.75) is 136 Å². The Bertz CT molecular complexity index is 1100. The summed E-state index contributed by atoms with van der Waals surface area (Å²) in [6.45, 7) is 6.00. The number of hydrogen-bond acceptors (Lipinski definition) is 2. The van der Waals surface area contributed by atoms with Crippen molar-refractivity contribution >= 4 is 16.9 Å². The van der Waals surface area contributed by atoms with Gasteiger partial charge in [-0.1, -0.05) is 133 Å². The number of para-hydroxylation sites is 2. The highest BCUT2D eigenvalue weighted by Gasteiger charge is 2.11. The number of aryl methyl sites for hydroxylation is 3. The lowest BCUT2D eigenvalue weighted by Gasteiger charge is -2.10. The van der Waals surface area contributed by atoms with Gasteiger partial charge in [0.25, 0.3) is 5.91 Å². The molecule has 0 spiro atoms. The molecule has 4 heteroatoms. The van der Waals surface area contributed by atoms with E-state index in [4.69, 9.17) is 4.98 Å². The predicted molar refractivity (Wildman–Crippen MR) is 171 cm³/mol. The number of imidazole rings is 1. The first-order valence-electron chi connectivity index (χ1n) is 16.5. The van der Waals surface area contributed by atoms with E-state index in [1.165, 1.54) is 108 Å². The molecule has 0 saturated carbocycles. The number of carbonyl (C=O) groups is 1. The van der Waals surface area contributed by atoms with Crippen LogP contribution < -0.4 is 5.32 Å². The Morgan fingerprint density at radius 2 is 1.32 bits per heavy atom. The molecule has 1 N–H and O–H groups in total. The van der Waals surface area contributed by atoms with Crippen LogP contribution in [-0.4, -0.2) is 22.0 Å². The summed E-state index contributed by atoms with van der Waals surface area (Å²) in [4.78, 5) is 17.4. The van der Waals surface area contributed by atoms with Crippen LogP contribution in [0.5, 0.6) is 0 Å². The van der Waals surface area contributed by atoms with E-state index in [1.54, 1.807) is 0 Å². The fourth-order valence-electron chi connectivity index (χ4n) is 5.72. The summed E-state index contributed by atoms with van der Waals surface area (Å²) in [7, 11) is 0. The molecule has 0 aliphatic rings. The Kier molecular flexibility index (Phi) is 15.5. The van der Waals surface area contributed by atoms with Crippen molar-refractivity contribution in [2.24, 2.45) is 0 Å². The summed E-state index contributed by atoms with van der Waals surface area (Å²) in [5, 5.41) is 3.08. The second-order valence-electron chi connectivity index (χ2n) is 11.7. The first kappa shape index (κ1) is 31.9. The molecule has 220 valence electrons. The molecule has 0 radical (unpaired) electrons. The third-order valence-corrected chi connectivity index (χ3v) is 8.11. The summed E-state index contributed by atoms with van der Waals surface area (Å²) in [6, 6.07) is 16.2. The molecule has 1 amide bonds. The number of benzene rings is 2. The van der Waals surface area contributed by atoms with Gasteiger partial charge in [-0.2, -0.15) is 0 Å². The second-order valence-corrected chi connectivity index (χ2v) is 11.7. The number of fused-ring (bicyclic) bond motifs is 1. The average Bonchev–Trinajstić information content (AvgIpc) is 3.32. The molecular formula is C36H55N3O. The van der Waals surface area contributed by atoms with Gasteiger partial charge >= 0.3 is 0 Å². The van der Waals surface area contributed by atoms with Gasteiger partial charge in [0.1, 0.15) is 5.82 Å². The molecule has 0 atom stereocenters. The Labute approximate surface area is 244 Å². The van der Waals surface area contributed by atoms with E-state index in [9.17, 15) is 4.79 Å². The molecule has 3 rings (SSSR count). The van der Waals surface area contributed by atoms with E-state index in [-0.39, 0.29) is 5.91 Å². The molecule has 0 aliphatic carbocycles. The zero-order chi connectivity index (χ0) is 28.3. The topological polar surface area (TPSA) is 46.9 Å². The highest BCUT2D eigenvalue weighted by atomic mass is 16.1. The van der Waals surface area contributed by atoms with Gasteiger partial charge < -0.3 is 9.88 Å². The predicted octanol–water partition coefficient (Wildman–Crippen LogP) is 9.97. The number of nitrogens with zero attached hydrogens (tertiary/aromatic N) is 2. The maximum absolute atomic E-state index is 12.5. The summed E-state index contributed by atoms with van der Waals surface area (Å²) in [6.07, 6.45) is 24.0. The van der Waals surface area contributed by atoms with Crippen LogP contribution in [0.4, 0.5) is 0 Å². The van der Waals surface area contributed by atoms with Crippen molar-refractivity contribution < 1.29 is 4.79 Å². The van der Waals surface area contributed by atoms with Gasteiger partial charge in [0.05, 0.1) is 11.0 Å². The fourth-order valence-corrected chi connectivity index (χ4v) is 5.72. The molecular weight excluding hydrogens is 490 g/mol. The first-order valence-corrected chi connectivity index (χ1v) is 16.5. The minimum absolute atomic E-state index is 0.00497. The number of unbranched alkanes of at least 4 members (excludes halogenated alkanes) is 15. The average molecular weight is 546 g/mol. The second kappa shape index (κ2) is 19.5. The lowest BCUT2D eigenvalue weighted by molar-refractivity contribution is 0.0953. The monoisotopic (exact) mass is 545 g/mol. The van der Waals surface area contributed by atoms with Crippen LogP contribution in [0.2, 0.25) is 0 Å². The molecule has 0 bridgehead atoms. The summed E-state index contributed by atoms with van der Waals surface area (Å²) >= 11 is 0. The van der Waals surface area contributed by atoms with Crippen molar-refractivity contribution in [1.29, 1.82) is 0 Å². The first-order chi connectivity index (χ1) is 19.7. The molecule has 1 aromatic heterocycles. The van der Waals surface area contributed by atoms with Crippen LogP contribution in [0.3, 0.4) is 0 Å². The van der Waals surface area contributed by atoms with Crippen LogP contribution in [0.1, 0.15) is 138 Å². The number of hydrogen-bond donors (Lipinski definition) is 1. The van der Waals surface area contributed by atoms with Gasteiger partial charge in [-0.15, -0.1) is 0 Å². The van der Waals surface area contributed by atoms with Crippen molar-refractivity contribution in [2.75, 3.05) is 6.54 Å². The molecule has 2 aromatic carbocycles. The van der Waals surface area contributed by atoms with E-state index in [0.717, 1.165) is 41.9 Å². The SMILES string of the molecule is CCCCCCCCCCCCCCCCCCn1c(CCCNC(=O)c2cccc(C)c2)nc2ccccc21. The quantitative estimate of drug-likeness (QED) is 0.128. The van der Waals surface area contributed by atoms with Gasteiger partial charge in [0.2, 0.25) is 0 Å². The van der Waals surface area contributed by atoms with Crippen LogP contribution in [-0.2, 0) is 13.0 Å².